The van der Waals surface area contributed by atoms with Gasteiger partial charge in [-0.05, 0) is 20.8 Å². The predicted octanol–water partition coefficient (Wildman–Crippen LogP) is 0.893. The maximum atomic E-state index is 11.9. The van der Waals surface area contributed by atoms with Crippen molar-refractivity contribution in [2.75, 3.05) is 13.1 Å². The van der Waals surface area contributed by atoms with E-state index in [0.717, 1.165) is 0 Å². The van der Waals surface area contributed by atoms with Crippen LogP contribution in [0.5, 0.6) is 0 Å². The number of aryl methyl sites for hydroxylation is 1. The van der Waals surface area contributed by atoms with Crippen LogP contribution < -0.4 is 0 Å². The Bertz CT molecular complexity index is 341. The number of likely N-dealkylation sites (N-methyl/N-ethyl adjacent to an activating group) is 1. The number of carbonyl (C=O) groups excluding carboxylic acids is 1. The van der Waals surface area contributed by atoms with Crippen molar-refractivity contribution in [3.8, 4) is 0 Å². The van der Waals surface area contributed by atoms with Crippen molar-refractivity contribution < 1.29 is 9.90 Å². The summed E-state index contributed by atoms with van der Waals surface area (Å²) in [5, 5.41) is 9.71. The van der Waals surface area contributed by atoms with Crippen LogP contribution in [-0.4, -0.2) is 44.2 Å². The van der Waals surface area contributed by atoms with Crippen LogP contribution in [0.2, 0.25) is 0 Å². The molecule has 0 aliphatic rings. The molecule has 0 aliphatic carbocycles. The SMILES string of the molecule is CCN(CC(C)(C)O)C(=O)CCn1ccnc1. The zero-order valence-corrected chi connectivity index (χ0v) is 10.8. The number of hydrogen-bond donors (Lipinski definition) is 1. The number of rotatable bonds is 6. The molecule has 0 aliphatic heterocycles. The van der Waals surface area contributed by atoms with E-state index in [9.17, 15) is 9.90 Å². The second kappa shape index (κ2) is 5.82. The molecule has 5 heteroatoms. The fourth-order valence-electron chi connectivity index (χ4n) is 1.65. The summed E-state index contributed by atoms with van der Waals surface area (Å²) in [6.45, 7) is 6.94. The summed E-state index contributed by atoms with van der Waals surface area (Å²) in [6.07, 6.45) is 5.65. The van der Waals surface area contributed by atoms with E-state index in [-0.39, 0.29) is 5.91 Å². The van der Waals surface area contributed by atoms with Crippen molar-refractivity contribution >= 4 is 5.91 Å². The Hall–Kier alpha value is -1.36. The Balaban J connectivity index is 2.44. The van der Waals surface area contributed by atoms with E-state index in [2.05, 4.69) is 4.98 Å². The van der Waals surface area contributed by atoms with Crippen molar-refractivity contribution in [3.05, 3.63) is 18.7 Å². The lowest BCUT2D eigenvalue weighted by atomic mass is 10.1. The minimum absolute atomic E-state index is 0.0586. The van der Waals surface area contributed by atoms with Crippen molar-refractivity contribution in [3.63, 3.8) is 0 Å². The van der Waals surface area contributed by atoms with Crippen LogP contribution in [0.15, 0.2) is 18.7 Å². The smallest absolute Gasteiger partial charge is 0.224 e. The number of imidazole rings is 1. The lowest BCUT2D eigenvalue weighted by molar-refractivity contribution is -0.134. The Kier molecular flexibility index (Phi) is 4.69. The molecule has 1 heterocycles. The quantitative estimate of drug-likeness (QED) is 0.802. The van der Waals surface area contributed by atoms with Crippen molar-refractivity contribution in [1.29, 1.82) is 0 Å². The molecule has 0 aromatic carbocycles. The monoisotopic (exact) mass is 239 g/mol. The van der Waals surface area contributed by atoms with Crippen LogP contribution in [0.4, 0.5) is 0 Å². The first kappa shape index (κ1) is 13.7. The van der Waals surface area contributed by atoms with E-state index in [1.54, 1.807) is 31.3 Å². The lowest BCUT2D eigenvalue weighted by Gasteiger charge is -2.28. The van der Waals surface area contributed by atoms with Gasteiger partial charge < -0.3 is 14.6 Å². The van der Waals surface area contributed by atoms with E-state index in [4.69, 9.17) is 0 Å². The average molecular weight is 239 g/mol. The molecule has 1 aromatic rings. The molecule has 1 amide bonds. The minimum atomic E-state index is -0.847. The highest BCUT2D eigenvalue weighted by Crippen LogP contribution is 2.06. The molecule has 17 heavy (non-hydrogen) atoms. The molecule has 5 nitrogen and oxygen atoms in total. The zero-order valence-electron chi connectivity index (χ0n) is 10.8. The minimum Gasteiger partial charge on any atom is -0.389 e. The van der Waals surface area contributed by atoms with Crippen LogP contribution in [0.25, 0.3) is 0 Å². The first-order chi connectivity index (χ1) is 7.92. The van der Waals surface area contributed by atoms with Crippen LogP contribution in [-0.2, 0) is 11.3 Å². The summed E-state index contributed by atoms with van der Waals surface area (Å²) in [5.74, 6) is 0.0586. The fourth-order valence-corrected chi connectivity index (χ4v) is 1.65. The Morgan fingerprint density at radius 1 is 1.53 bits per heavy atom. The molecule has 1 N–H and O–H groups in total. The van der Waals surface area contributed by atoms with Gasteiger partial charge in [0.1, 0.15) is 0 Å². The van der Waals surface area contributed by atoms with Crippen molar-refractivity contribution in [1.82, 2.24) is 14.5 Å². The number of aromatic nitrogens is 2. The number of hydrogen-bond acceptors (Lipinski definition) is 3. The van der Waals surface area contributed by atoms with Crippen LogP contribution in [0.3, 0.4) is 0 Å². The summed E-state index contributed by atoms with van der Waals surface area (Å²) in [7, 11) is 0. The molecule has 1 rings (SSSR count). The number of amides is 1. The standard InChI is InChI=1S/C12H21N3O2/c1-4-15(9-12(2,3)17)11(16)5-7-14-8-6-13-10-14/h6,8,10,17H,4-5,7,9H2,1-3H3. The molecule has 0 fully saturated rings. The summed E-state index contributed by atoms with van der Waals surface area (Å²) in [5.41, 5.74) is -0.847. The predicted molar refractivity (Wildman–Crippen MR) is 65.4 cm³/mol. The molecule has 0 spiro atoms. The molecule has 0 saturated heterocycles. The maximum absolute atomic E-state index is 11.9. The maximum Gasteiger partial charge on any atom is 0.224 e. The van der Waals surface area contributed by atoms with Gasteiger partial charge in [-0.3, -0.25) is 4.79 Å². The van der Waals surface area contributed by atoms with Crippen LogP contribution >= 0.6 is 0 Å². The van der Waals surface area contributed by atoms with Crippen molar-refractivity contribution in [2.24, 2.45) is 0 Å². The third kappa shape index (κ3) is 4.99. The van der Waals surface area contributed by atoms with Crippen LogP contribution in [0.1, 0.15) is 27.2 Å². The molecule has 0 atom stereocenters. The van der Waals surface area contributed by atoms with Gasteiger partial charge in [-0.1, -0.05) is 0 Å². The van der Waals surface area contributed by atoms with E-state index in [1.807, 2.05) is 17.7 Å². The van der Waals surface area contributed by atoms with E-state index in [1.165, 1.54) is 0 Å². The van der Waals surface area contributed by atoms with Crippen molar-refractivity contribution in [2.45, 2.75) is 39.3 Å². The second-order valence-electron chi connectivity index (χ2n) is 4.77. The molecule has 96 valence electrons. The summed E-state index contributed by atoms with van der Waals surface area (Å²) in [6, 6.07) is 0. The largest absolute Gasteiger partial charge is 0.389 e. The highest BCUT2D eigenvalue weighted by Gasteiger charge is 2.20. The zero-order chi connectivity index (χ0) is 12.9. The number of aliphatic hydroxyl groups is 1. The van der Waals surface area contributed by atoms with Gasteiger partial charge in [0, 0.05) is 38.4 Å². The molecular weight excluding hydrogens is 218 g/mol. The second-order valence-corrected chi connectivity index (χ2v) is 4.77. The van der Waals surface area contributed by atoms with E-state index in [0.29, 0.717) is 26.1 Å². The topological polar surface area (TPSA) is 58.4 Å². The first-order valence-corrected chi connectivity index (χ1v) is 5.88. The first-order valence-electron chi connectivity index (χ1n) is 5.88. The molecule has 0 bridgehead atoms. The Labute approximate surface area is 102 Å². The molecule has 0 radical (unpaired) electrons. The normalized spacial score (nSPS) is 11.5. The van der Waals surface area contributed by atoms with Crippen LogP contribution in [0, 0.1) is 0 Å². The summed E-state index contributed by atoms with van der Waals surface area (Å²) >= 11 is 0. The van der Waals surface area contributed by atoms with E-state index < -0.39 is 5.60 Å². The van der Waals surface area contributed by atoms with Gasteiger partial charge in [0.15, 0.2) is 0 Å². The lowest BCUT2D eigenvalue weighted by Crippen LogP contribution is -2.42. The number of carbonyl (C=O) groups is 1. The highest BCUT2D eigenvalue weighted by molar-refractivity contribution is 5.76. The van der Waals surface area contributed by atoms with Gasteiger partial charge in [-0.25, -0.2) is 4.98 Å². The summed E-state index contributed by atoms with van der Waals surface area (Å²) < 4.78 is 1.87. The highest BCUT2D eigenvalue weighted by atomic mass is 16.3. The number of nitrogens with zero attached hydrogens (tertiary/aromatic N) is 3. The fraction of sp³-hybridized carbons (Fsp3) is 0.667. The van der Waals surface area contributed by atoms with Gasteiger partial charge in [-0.2, -0.15) is 0 Å². The third-order valence-electron chi connectivity index (χ3n) is 2.46. The van der Waals surface area contributed by atoms with Gasteiger partial charge in [0.25, 0.3) is 0 Å². The Morgan fingerprint density at radius 3 is 2.71 bits per heavy atom. The summed E-state index contributed by atoms with van der Waals surface area (Å²) in [4.78, 5) is 17.5. The van der Waals surface area contributed by atoms with E-state index >= 15 is 0 Å². The average Bonchev–Trinajstić information content (AvgIpc) is 2.74. The third-order valence-corrected chi connectivity index (χ3v) is 2.46. The van der Waals surface area contributed by atoms with Gasteiger partial charge in [0.05, 0.1) is 11.9 Å². The molecule has 0 saturated carbocycles. The molecular formula is C12H21N3O2. The Morgan fingerprint density at radius 2 is 2.24 bits per heavy atom. The molecule has 0 unspecified atom stereocenters. The van der Waals surface area contributed by atoms with Gasteiger partial charge in [-0.15, -0.1) is 0 Å². The molecule has 1 aromatic heterocycles. The van der Waals surface area contributed by atoms with Gasteiger partial charge in [0.2, 0.25) is 5.91 Å². The van der Waals surface area contributed by atoms with Gasteiger partial charge >= 0.3 is 0 Å².